The van der Waals surface area contributed by atoms with Gasteiger partial charge in [0.2, 0.25) is 10.0 Å². The van der Waals surface area contributed by atoms with Gasteiger partial charge in [0.25, 0.3) is 5.91 Å². The minimum atomic E-state index is -3.69. The first-order valence-corrected chi connectivity index (χ1v) is 10.0. The van der Waals surface area contributed by atoms with Crippen molar-refractivity contribution in [2.24, 2.45) is 5.14 Å². The standard InChI is InChI=1S/C18H24N4O3S/c1-3-22(4-2)15-10-12-20-17(13-15)18(23)21-11-9-14-5-7-16(8-6-14)26(19,24)25/h5-8,10,12-13H,3-4,9,11H2,1-2H3,(H,21,23)(H2,19,24,25). The van der Waals surface area contributed by atoms with Gasteiger partial charge in [-0.3, -0.25) is 9.78 Å². The number of primary sulfonamides is 1. The first kappa shape index (κ1) is 19.9. The maximum Gasteiger partial charge on any atom is 0.269 e. The van der Waals surface area contributed by atoms with Gasteiger partial charge in [0.1, 0.15) is 5.69 Å². The van der Waals surface area contributed by atoms with Gasteiger partial charge in [0, 0.05) is 31.5 Å². The monoisotopic (exact) mass is 376 g/mol. The lowest BCUT2D eigenvalue weighted by molar-refractivity contribution is 0.0949. The highest BCUT2D eigenvalue weighted by Crippen LogP contribution is 2.14. The summed E-state index contributed by atoms with van der Waals surface area (Å²) in [6, 6.07) is 9.96. The number of aromatic nitrogens is 1. The van der Waals surface area contributed by atoms with Crippen LogP contribution in [-0.4, -0.2) is 38.9 Å². The highest BCUT2D eigenvalue weighted by molar-refractivity contribution is 7.89. The SMILES string of the molecule is CCN(CC)c1ccnc(C(=O)NCCc2ccc(S(N)(=O)=O)cc2)c1. The van der Waals surface area contributed by atoms with Crippen molar-refractivity contribution in [2.75, 3.05) is 24.5 Å². The Labute approximate surface area is 154 Å². The zero-order valence-corrected chi connectivity index (χ0v) is 15.8. The number of hydrogen-bond donors (Lipinski definition) is 2. The minimum absolute atomic E-state index is 0.0719. The van der Waals surface area contributed by atoms with Crippen molar-refractivity contribution in [3.8, 4) is 0 Å². The fourth-order valence-electron chi connectivity index (χ4n) is 2.59. The number of nitrogens with zero attached hydrogens (tertiary/aromatic N) is 2. The minimum Gasteiger partial charge on any atom is -0.372 e. The molecule has 0 aliphatic heterocycles. The quantitative estimate of drug-likeness (QED) is 0.727. The van der Waals surface area contributed by atoms with Gasteiger partial charge in [-0.15, -0.1) is 0 Å². The van der Waals surface area contributed by atoms with Crippen molar-refractivity contribution in [1.82, 2.24) is 10.3 Å². The molecule has 1 aromatic heterocycles. The predicted molar refractivity (Wildman–Crippen MR) is 102 cm³/mol. The second kappa shape index (κ2) is 8.77. The maximum atomic E-state index is 12.3. The molecule has 3 N–H and O–H groups in total. The van der Waals surface area contributed by atoms with Crippen LogP contribution < -0.4 is 15.4 Å². The van der Waals surface area contributed by atoms with Crippen LogP contribution in [0.5, 0.6) is 0 Å². The van der Waals surface area contributed by atoms with Crippen molar-refractivity contribution >= 4 is 21.6 Å². The maximum absolute atomic E-state index is 12.3. The van der Waals surface area contributed by atoms with E-state index in [-0.39, 0.29) is 10.8 Å². The Balaban J connectivity index is 1.94. The molecule has 26 heavy (non-hydrogen) atoms. The Morgan fingerprint density at radius 3 is 2.38 bits per heavy atom. The molecule has 0 fully saturated rings. The zero-order valence-electron chi connectivity index (χ0n) is 15.0. The summed E-state index contributed by atoms with van der Waals surface area (Å²) in [6.45, 7) is 6.26. The molecule has 0 bridgehead atoms. The number of carbonyl (C=O) groups is 1. The van der Waals surface area contributed by atoms with E-state index in [1.807, 2.05) is 6.07 Å². The fraction of sp³-hybridized carbons (Fsp3) is 0.333. The molecule has 0 aliphatic carbocycles. The molecule has 1 heterocycles. The fourth-order valence-corrected chi connectivity index (χ4v) is 3.10. The number of benzene rings is 1. The van der Waals surface area contributed by atoms with E-state index in [9.17, 15) is 13.2 Å². The van der Waals surface area contributed by atoms with E-state index in [0.717, 1.165) is 24.3 Å². The van der Waals surface area contributed by atoms with E-state index < -0.39 is 10.0 Å². The molecular weight excluding hydrogens is 352 g/mol. The Morgan fingerprint density at radius 1 is 1.15 bits per heavy atom. The molecule has 1 amide bonds. The molecule has 0 unspecified atom stereocenters. The van der Waals surface area contributed by atoms with Crippen LogP contribution in [0.1, 0.15) is 29.9 Å². The number of hydrogen-bond acceptors (Lipinski definition) is 5. The van der Waals surface area contributed by atoms with Crippen LogP contribution in [0.4, 0.5) is 5.69 Å². The third-order valence-electron chi connectivity index (χ3n) is 4.06. The molecule has 0 spiro atoms. The Hall–Kier alpha value is -2.45. The molecule has 2 rings (SSSR count). The van der Waals surface area contributed by atoms with E-state index in [2.05, 4.69) is 29.0 Å². The highest BCUT2D eigenvalue weighted by Gasteiger charge is 2.10. The van der Waals surface area contributed by atoms with Crippen LogP contribution in [0.2, 0.25) is 0 Å². The van der Waals surface area contributed by atoms with E-state index in [1.165, 1.54) is 12.1 Å². The van der Waals surface area contributed by atoms with Crippen molar-refractivity contribution in [3.63, 3.8) is 0 Å². The van der Waals surface area contributed by atoms with Gasteiger partial charge in [-0.25, -0.2) is 13.6 Å². The lowest BCUT2D eigenvalue weighted by Crippen LogP contribution is -2.27. The number of amides is 1. The zero-order chi connectivity index (χ0) is 19.2. The summed E-state index contributed by atoms with van der Waals surface area (Å²) in [6.07, 6.45) is 2.21. The summed E-state index contributed by atoms with van der Waals surface area (Å²) in [5.74, 6) is -0.236. The van der Waals surface area contributed by atoms with Gasteiger partial charge >= 0.3 is 0 Å². The molecule has 1 aromatic carbocycles. The van der Waals surface area contributed by atoms with Crippen LogP contribution >= 0.6 is 0 Å². The highest BCUT2D eigenvalue weighted by atomic mass is 32.2. The summed E-state index contributed by atoms with van der Waals surface area (Å²) < 4.78 is 22.5. The molecule has 0 atom stereocenters. The molecule has 140 valence electrons. The van der Waals surface area contributed by atoms with Gasteiger partial charge in [0.05, 0.1) is 4.90 Å². The summed E-state index contributed by atoms with van der Waals surface area (Å²) in [4.78, 5) is 18.6. The van der Waals surface area contributed by atoms with Gasteiger partial charge in [0.15, 0.2) is 0 Å². The van der Waals surface area contributed by atoms with Crippen LogP contribution in [-0.2, 0) is 16.4 Å². The third kappa shape index (κ3) is 5.27. The average Bonchev–Trinajstić information content (AvgIpc) is 2.62. The number of anilines is 1. The number of nitrogens with one attached hydrogen (secondary N) is 1. The molecule has 0 aliphatic rings. The van der Waals surface area contributed by atoms with E-state index >= 15 is 0 Å². The summed E-state index contributed by atoms with van der Waals surface area (Å²) in [5.41, 5.74) is 2.25. The summed E-state index contributed by atoms with van der Waals surface area (Å²) in [5, 5.41) is 7.90. The van der Waals surface area contributed by atoms with Gasteiger partial charge in [-0.2, -0.15) is 0 Å². The molecular formula is C18H24N4O3S. The predicted octanol–water partition coefficient (Wildman–Crippen LogP) is 1.55. The lowest BCUT2D eigenvalue weighted by Gasteiger charge is -2.21. The number of rotatable bonds is 8. The largest absolute Gasteiger partial charge is 0.372 e. The summed E-state index contributed by atoms with van der Waals surface area (Å²) >= 11 is 0. The van der Waals surface area contributed by atoms with Crippen molar-refractivity contribution in [1.29, 1.82) is 0 Å². The Bertz CT molecular complexity index is 847. The van der Waals surface area contributed by atoms with Crippen molar-refractivity contribution in [2.45, 2.75) is 25.2 Å². The molecule has 2 aromatic rings. The lowest BCUT2D eigenvalue weighted by atomic mass is 10.1. The number of sulfonamides is 1. The molecule has 7 nitrogen and oxygen atoms in total. The second-order valence-corrected chi connectivity index (χ2v) is 7.33. The smallest absolute Gasteiger partial charge is 0.269 e. The number of carbonyl (C=O) groups excluding carboxylic acids is 1. The number of nitrogens with two attached hydrogens (primary N) is 1. The van der Waals surface area contributed by atoms with Crippen LogP contribution in [0.25, 0.3) is 0 Å². The van der Waals surface area contributed by atoms with E-state index in [0.29, 0.717) is 18.7 Å². The van der Waals surface area contributed by atoms with Crippen molar-refractivity contribution < 1.29 is 13.2 Å². The first-order valence-electron chi connectivity index (χ1n) is 8.46. The van der Waals surface area contributed by atoms with Crippen molar-refractivity contribution in [3.05, 3.63) is 53.9 Å². The normalized spacial score (nSPS) is 11.2. The molecule has 8 heteroatoms. The topological polar surface area (TPSA) is 105 Å². The second-order valence-electron chi connectivity index (χ2n) is 5.77. The summed E-state index contributed by atoms with van der Waals surface area (Å²) in [7, 11) is -3.69. The van der Waals surface area contributed by atoms with Crippen LogP contribution in [0, 0.1) is 0 Å². The third-order valence-corrected chi connectivity index (χ3v) is 4.99. The molecule has 0 radical (unpaired) electrons. The molecule has 0 saturated heterocycles. The average molecular weight is 376 g/mol. The van der Waals surface area contributed by atoms with E-state index in [4.69, 9.17) is 5.14 Å². The van der Waals surface area contributed by atoms with Gasteiger partial charge < -0.3 is 10.2 Å². The Kier molecular flexibility index (Phi) is 6.70. The number of pyridine rings is 1. The first-order chi connectivity index (χ1) is 12.3. The van der Waals surface area contributed by atoms with Gasteiger partial charge in [-0.1, -0.05) is 12.1 Å². The molecule has 0 saturated carbocycles. The van der Waals surface area contributed by atoms with Crippen LogP contribution in [0.15, 0.2) is 47.5 Å². The Morgan fingerprint density at radius 2 is 1.81 bits per heavy atom. The van der Waals surface area contributed by atoms with E-state index in [1.54, 1.807) is 24.4 Å². The van der Waals surface area contributed by atoms with Gasteiger partial charge in [-0.05, 0) is 50.1 Å². The van der Waals surface area contributed by atoms with Crippen LogP contribution in [0.3, 0.4) is 0 Å².